The molecule has 0 radical (unpaired) electrons. The van der Waals surface area contributed by atoms with Crippen molar-refractivity contribution in [3.63, 3.8) is 0 Å². The van der Waals surface area contributed by atoms with Crippen molar-refractivity contribution in [2.45, 2.75) is 51.1 Å². The van der Waals surface area contributed by atoms with Gasteiger partial charge in [0.05, 0.1) is 6.54 Å². The van der Waals surface area contributed by atoms with Gasteiger partial charge < -0.3 is 10.6 Å². The largest absolute Gasteiger partial charge is 0.352 e. The lowest BCUT2D eigenvalue weighted by Crippen LogP contribution is -2.43. The third-order valence-corrected chi connectivity index (χ3v) is 3.87. The predicted octanol–water partition coefficient (Wildman–Crippen LogP) is 1.78. The van der Waals surface area contributed by atoms with Crippen LogP contribution in [0.1, 0.15) is 39.0 Å². The summed E-state index contributed by atoms with van der Waals surface area (Å²) in [5.41, 5.74) is 0. The third kappa shape index (κ3) is 5.21. The molecule has 3 nitrogen and oxygen atoms in total. The molecule has 1 aliphatic carbocycles. The molecule has 0 aromatic rings. The minimum Gasteiger partial charge on any atom is -0.352 e. The lowest BCUT2D eigenvalue weighted by molar-refractivity contribution is -0.121. The molecule has 0 aliphatic heterocycles. The molecule has 0 bridgehead atoms. The summed E-state index contributed by atoms with van der Waals surface area (Å²) in [5, 5.41) is 6.40. The van der Waals surface area contributed by atoms with Crippen molar-refractivity contribution < 1.29 is 4.79 Å². The maximum atomic E-state index is 11.6. The summed E-state index contributed by atoms with van der Waals surface area (Å²) >= 11 is 1.82. The highest BCUT2D eigenvalue weighted by Crippen LogP contribution is 2.17. The van der Waals surface area contributed by atoms with Gasteiger partial charge in [0, 0.05) is 17.8 Å². The Labute approximate surface area is 103 Å². The van der Waals surface area contributed by atoms with Crippen LogP contribution in [0.3, 0.4) is 0 Å². The third-order valence-electron chi connectivity index (χ3n) is 3.13. The number of carbonyl (C=O) groups excluding carboxylic acids is 1. The second-order valence-electron chi connectivity index (χ2n) is 4.49. The fourth-order valence-electron chi connectivity index (χ4n) is 2.11. The van der Waals surface area contributed by atoms with Crippen molar-refractivity contribution in [2.75, 3.05) is 18.6 Å². The van der Waals surface area contributed by atoms with Crippen LogP contribution >= 0.6 is 11.8 Å². The molecule has 1 unspecified atom stereocenters. The fraction of sp³-hybridized carbons (Fsp3) is 0.917. The molecule has 2 N–H and O–H groups in total. The highest BCUT2D eigenvalue weighted by Gasteiger charge is 2.17. The van der Waals surface area contributed by atoms with Crippen molar-refractivity contribution in [1.82, 2.24) is 10.6 Å². The number of carbonyl (C=O) groups is 1. The summed E-state index contributed by atoms with van der Waals surface area (Å²) in [6.07, 6.45) is 8.03. The van der Waals surface area contributed by atoms with Gasteiger partial charge in [0.25, 0.3) is 0 Å². The topological polar surface area (TPSA) is 41.1 Å². The molecule has 0 aromatic carbocycles. The molecule has 0 aromatic heterocycles. The zero-order valence-electron chi connectivity index (χ0n) is 10.4. The summed E-state index contributed by atoms with van der Waals surface area (Å²) in [4.78, 5) is 11.6. The van der Waals surface area contributed by atoms with Gasteiger partial charge in [-0.3, -0.25) is 4.79 Å². The molecule has 1 saturated carbocycles. The lowest BCUT2D eigenvalue weighted by Gasteiger charge is -2.17. The Morgan fingerprint density at radius 1 is 1.44 bits per heavy atom. The van der Waals surface area contributed by atoms with Crippen LogP contribution in [0, 0.1) is 0 Å². The van der Waals surface area contributed by atoms with Crippen LogP contribution in [0.5, 0.6) is 0 Å². The molecule has 94 valence electrons. The Hall–Kier alpha value is -0.220. The number of thioether (sulfide) groups is 1. The van der Waals surface area contributed by atoms with E-state index in [1.807, 2.05) is 11.8 Å². The Balaban J connectivity index is 2.12. The summed E-state index contributed by atoms with van der Waals surface area (Å²) < 4.78 is 0. The Morgan fingerprint density at radius 2 is 2.12 bits per heavy atom. The molecule has 1 fully saturated rings. The number of nitrogens with one attached hydrogen (secondary N) is 2. The second-order valence-corrected chi connectivity index (χ2v) is 5.40. The van der Waals surface area contributed by atoms with Gasteiger partial charge in [-0.1, -0.05) is 19.8 Å². The summed E-state index contributed by atoms with van der Waals surface area (Å²) in [7, 11) is 0. The summed E-state index contributed by atoms with van der Waals surface area (Å²) in [6.45, 7) is 2.62. The second kappa shape index (κ2) is 7.96. The molecular formula is C12H24N2OS. The average Bonchev–Trinajstić information content (AvgIpc) is 2.76. The van der Waals surface area contributed by atoms with E-state index in [2.05, 4.69) is 23.8 Å². The molecule has 1 rings (SSSR count). The van der Waals surface area contributed by atoms with E-state index in [4.69, 9.17) is 0 Å². The zero-order valence-corrected chi connectivity index (χ0v) is 11.2. The van der Waals surface area contributed by atoms with Crippen LogP contribution in [0.4, 0.5) is 0 Å². The highest BCUT2D eigenvalue weighted by molar-refractivity contribution is 7.98. The standard InChI is InChI=1S/C12H24N2OS/c1-3-10(9-16-2)13-8-12(15)14-11-6-4-5-7-11/h10-11,13H,3-9H2,1-2H3,(H,14,15). The van der Waals surface area contributed by atoms with Gasteiger partial charge in [0.1, 0.15) is 0 Å². The SMILES string of the molecule is CCC(CSC)NCC(=O)NC1CCCC1. The molecule has 16 heavy (non-hydrogen) atoms. The summed E-state index contributed by atoms with van der Waals surface area (Å²) in [5.74, 6) is 1.24. The van der Waals surface area contributed by atoms with Crippen molar-refractivity contribution in [3.8, 4) is 0 Å². The molecule has 0 heterocycles. The quantitative estimate of drug-likeness (QED) is 0.717. The maximum absolute atomic E-state index is 11.6. The number of hydrogen-bond acceptors (Lipinski definition) is 3. The molecule has 0 saturated heterocycles. The maximum Gasteiger partial charge on any atom is 0.234 e. The summed E-state index contributed by atoms with van der Waals surface area (Å²) in [6, 6.07) is 0.902. The van der Waals surface area contributed by atoms with Gasteiger partial charge in [0.2, 0.25) is 5.91 Å². The first kappa shape index (κ1) is 13.8. The molecule has 1 atom stereocenters. The van der Waals surface area contributed by atoms with Crippen LogP contribution in [-0.4, -0.2) is 36.5 Å². The molecule has 4 heteroatoms. The smallest absolute Gasteiger partial charge is 0.234 e. The lowest BCUT2D eigenvalue weighted by atomic mass is 10.2. The zero-order chi connectivity index (χ0) is 11.8. The molecular weight excluding hydrogens is 220 g/mol. The van der Waals surface area contributed by atoms with E-state index in [-0.39, 0.29) is 5.91 Å². The van der Waals surface area contributed by atoms with Gasteiger partial charge >= 0.3 is 0 Å². The Bertz CT molecular complexity index is 205. The molecule has 0 spiro atoms. The Morgan fingerprint density at radius 3 is 2.69 bits per heavy atom. The number of rotatable bonds is 7. The van der Waals surface area contributed by atoms with Gasteiger partial charge in [-0.15, -0.1) is 0 Å². The fourth-order valence-corrected chi connectivity index (χ4v) is 2.86. The van der Waals surface area contributed by atoms with Crippen molar-refractivity contribution in [2.24, 2.45) is 0 Å². The van der Waals surface area contributed by atoms with E-state index < -0.39 is 0 Å². The van der Waals surface area contributed by atoms with Crippen LogP contribution in [0.15, 0.2) is 0 Å². The van der Waals surface area contributed by atoms with Gasteiger partial charge in [0.15, 0.2) is 0 Å². The predicted molar refractivity (Wildman–Crippen MR) is 70.9 cm³/mol. The molecule has 1 aliphatic rings. The first-order valence-electron chi connectivity index (χ1n) is 6.28. The van der Waals surface area contributed by atoms with E-state index in [1.54, 1.807) is 0 Å². The van der Waals surface area contributed by atoms with E-state index in [1.165, 1.54) is 12.8 Å². The van der Waals surface area contributed by atoms with Gasteiger partial charge in [-0.2, -0.15) is 11.8 Å². The van der Waals surface area contributed by atoms with Crippen LogP contribution < -0.4 is 10.6 Å². The minimum atomic E-state index is 0.159. The van der Waals surface area contributed by atoms with Crippen molar-refractivity contribution in [3.05, 3.63) is 0 Å². The van der Waals surface area contributed by atoms with Gasteiger partial charge in [-0.05, 0) is 25.5 Å². The Kier molecular flexibility index (Phi) is 6.88. The van der Waals surface area contributed by atoms with E-state index in [0.717, 1.165) is 25.0 Å². The first-order chi connectivity index (χ1) is 7.76. The van der Waals surface area contributed by atoms with Crippen LogP contribution in [-0.2, 0) is 4.79 Å². The first-order valence-corrected chi connectivity index (χ1v) is 7.67. The number of hydrogen-bond donors (Lipinski definition) is 2. The monoisotopic (exact) mass is 244 g/mol. The normalized spacial score (nSPS) is 18.6. The van der Waals surface area contributed by atoms with E-state index >= 15 is 0 Å². The van der Waals surface area contributed by atoms with E-state index in [0.29, 0.717) is 18.6 Å². The number of amides is 1. The van der Waals surface area contributed by atoms with E-state index in [9.17, 15) is 4.79 Å². The highest BCUT2D eigenvalue weighted by atomic mass is 32.2. The van der Waals surface area contributed by atoms with Crippen LogP contribution in [0.25, 0.3) is 0 Å². The van der Waals surface area contributed by atoms with Crippen LogP contribution in [0.2, 0.25) is 0 Å². The van der Waals surface area contributed by atoms with Gasteiger partial charge in [-0.25, -0.2) is 0 Å². The minimum absolute atomic E-state index is 0.159. The van der Waals surface area contributed by atoms with Crippen molar-refractivity contribution >= 4 is 17.7 Å². The van der Waals surface area contributed by atoms with Crippen molar-refractivity contribution in [1.29, 1.82) is 0 Å². The average molecular weight is 244 g/mol. The molecule has 1 amide bonds.